The van der Waals surface area contributed by atoms with Gasteiger partial charge in [0.2, 0.25) is 0 Å². The summed E-state index contributed by atoms with van der Waals surface area (Å²) in [6, 6.07) is 5.91. The Morgan fingerprint density at radius 2 is 1.88 bits per heavy atom. The van der Waals surface area contributed by atoms with Crippen molar-refractivity contribution in [1.29, 1.82) is 0 Å². The van der Waals surface area contributed by atoms with Crippen LogP contribution < -0.4 is 0 Å². The largest absolute Gasteiger partial charge is 0.387 e. The van der Waals surface area contributed by atoms with Gasteiger partial charge in [-0.1, -0.05) is 31.7 Å². The number of nitrogens with zero attached hydrogens (tertiary/aromatic N) is 1. The van der Waals surface area contributed by atoms with Gasteiger partial charge in [0.15, 0.2) is 0 Å². The van der Waals surface area contributed by atoms with Crippen molar-refractivity contribution in [2.24, 2.45) is 5.92 Å². The van der Waals surface area contributed by atoms with E-state index in [2.05, 4.69) is 4.98 Å². The van der Waals surface area contributed by atoms with Gasteiger partial charge in [0.25, 0.3) is 0 Å². The molecule has 16 heavy (non-hydrogen) atoms. The van der Waals surface area contributed by atoms with Crippen molar-refractivity contribution < 1.29 is 5.11 Å². The van der Waals surface area contributed by atoms with E-state index in [-0.39, 0.29) is 6.10 Å². The summed E-state index contributed by atoms with van der Waals surface area (Å²) < 4.78 is 0. The SMILES string of the molecule is Cc1cccc(C(O)C2CCCCCC2)n1. The molecular formula is C14H21NO. The van der Waals surface area contributed by atoms with Crippen molar-refractivity contribution in [2.45, 2.75) is 51.6 Å². The average molecular weight is 219 g/mol. The van der Waals surface area contributed by atoms with Crippen molar-refractivity contribution in [2.75, 3.05) is 0 Å². The summed E-state index contributed by atoms with van der Waals surface area (Å²) in [6.45, 7) is 1.98. The fourth-order valence-corrected chi connectivity index (χ4v) is 2.60. The van der Waals surface area contributed by atoms with Crippen LogP contribution >= 0.6 is 0 Å². The van der Waals surface area contributed by atoms with Crippen LogP contribution in [0.25, 0.3) is 0 Å². The highest BCUT2D eigenvalue weighted by Crippen LogP contribution is 2.32. The van der Waals surface area contributed by atoms with E-state index in [0.717, 1.165) is 24.2 Å². The standard InChI is InChI=1S/C14H21NO/c1-11-7-6-10-13(15-11)14(16)12-8-4-2-3-5-9-12/h6-7,10,12,14,16H,2-5,8-9H2,1H3. The summed E-state index contributed by atoms with van der Waals surface area (Å²) in [5, 5.41) is 10.3. The normalized spacial score (nSPS) is 20.4. The first kappa shape index (κ1) is 11.6. The number of aryl methyl sites for hydroxylation is 1. The Morgan fingerprint density at radius 1 is 1.19 bits per heavy atom. The first-order valence-electron chi connectivity index (χ1n) is 6.39. The number of hydrogen-bond acceptors (Lipinski definition) is 2. The molecule has 0 aromatic carbocycles. The van der Waals surface area contributed by atoms with Crippen LogP contribution in [-0.4, -0.2) is 10.1 Å². The lowest BCUT2D eigenvalue weighted by Gasteiger charge is -2.20. The molecule has 1 unspecified atom stereocenters. The van der Waals surface area contributed by atoms with Crippen LogP contribution in [0.1, 0.15) is 56.0 Å². The van der Waals surface area contributed by atoms with Gasteiger partial charge in [0.05, 0.1) is 11.8 Å². The Kier molecular flexibility index (Phi) is 3.94. The minimum Gasteiger partial charge on any atom is -0.387 e. The highest BCUT2D eigenvalue weighted by molar-refractivity contribution is 5.12. The van der Waals surface area contributed by atoms with Gasteiger partial charge in [-0.15, -0.1) is 0 Å². The molecule has 0 spiro atoms. The highest BCUT2D eigenvalue weighted by atomic mass is 16.3. The molecule has 1 aromatic heterocycles. The molecular weight excluding hydrogens is 198 g/mol. The zero-order valence-corrected chi connectivity index (χ0v) is 10.0. The minimum atomic E-state index is -0.363. The molecule has 1 N–H and O–H groups in total. The van der Waals surface area contributed by atoms with Crippen LogP contribution in [0.3, 0.4) is 0 Å². The molecule has 1 fully saturated rings. The molecule has 1 aliphatic carbocycles. The maximum absolute atomic E-state index is 10.3. The Morgan fingerprint density at radius 3 is 2.50 bits per heavy atom. The Bertz CT molecular complexity index is 329. The molecule has 0 amide bonds. The maximum atomic E-state index is 10.3. The van der Waals surface area contributed by atoms with E-state index >= 15 is 0 Å². The van der Waals surface area contributed by atoms with Crippen molar-refractivity contribution >= 4 is 0 Å². The lowest BCUT2D eigenvalue weighted by atomic mass is 9.92. The van der Waals surface area contributed by atoms with E-state index < -0.39 is 0 Å². The Balaban J connectivity index is 2.07. The molecule has 1 aliphatic rings. The van der Waals surface area contributed by atoms with Gasteiger partial charge in [0, 0.05) is 5.69 Å². The second-order valence-electron chi connectivity index (χ2n) is 4.90. The molecule has 2 rings (SSSR count). The van der Waals surface area contributed by atoms with Gasteiger partial charge in [-0.05, 0) is 37.8 Å². The number of pyridine rings is 1. The molecule has 1 heterocycles. The van der Waals surface area contributed by atoms with Crippen LogP contribution in [-0.2, 0) is 0 Å². The van der Waals surface area contributed by atoms with Crippen molar-refractivity contribution in [3.63, 3.8) is 0 Å². The lowest BCUT2D eigenvalue weighted by Crippen LogP contribution is -2.13. The molecule has 0 saturated heterocycles. The molecule has 1 aromatic rings. The second-order valence-corrected chi connectivity index (χ2v) is 4.90. The van der Waals surface area contributed by atoms with Crippen LogP contribution in [0.15, 0.2) is 18.2 Å². The monoisotopic (exact) mass is 219 g/mol. The van der Waals surface area contributed by atoms with Crippen molar-refractivity contribution in [3.8, 4) is 0 Å². The van der Waals surface area contributed by atoms with E-state index in [1.165, 1.54) is 25.7 Å². The van der Waals surface area contributed by atoms with Gasteiger partial charge in [-0.25, -0.2) is 0 Å². The quantitative estimate of drug-likeness (QED) is 0.773. The predicted molar refractivity (Wildman–Crippen MR) is 65.1 cm³/mol. The first-order valence-corrected chi connectivity index (χ1v) is 6.39. The smallest absolute Gasteiger partial charge is 0.0987 e. The average Bonchev–Trinajstić information content (AvgIpc) is 2.56. The van der Waals surface area contributed by atoms with Gasteiger partial charge >= 0.3 is 0 Å². The third-order valence-corrected chi connectivity index (χ3v) is 3.56. The van der Waals surface area contributed by atoms with Gasteiger partial charge in [0.1, 0.15) is 0 Å². The van der Waals surface area contributed by atoms with E-state index in [1.54, 1.807) is 0 Å². The zero-order chi connectivity index (χ0) is 11.4. The molecule has 88 valence electrons. The lowest BCUT2D eigenvalue weighted by molar-refractivity contribution is 0.0947. The zero-order valence-electron chi connectivity index (χ0n) is 10.0. The number of aromatic nitrogens is 1. The summed E-state index contributed by atoms with van der Waals surface area (Å²) in [5.74, 6) is 0.414. The minimum absolute atomic E-state index is 0.363. The van der Waals surface area contributed by atoms with Crippen molar-refractivity contribution in [1.82, 2.24) is 4.98 Å². The van der Waals surface area contributed by atoms with E-state index in [4.69, 9.17) is 0 Å². The summed E-state index contributed by atoms with van der Waals surface area (Å²) in [7, 11) is 0. The second kappa shape index (κ2) is 5.44. The molecule has 0 radical (unpaired) electrons. The van der Waals surface area contributed by atoms with Gasteiger partial charge in [-0.2, -0.15) is 0 Å². The topological polar surface area (TPSA) is 33.1 Å². The van der Waals surface area contributed by atoms with Crippen molar-refractivity contribution in [3.05, 3.63) is 29.6 Å². The number of rotatable bonds is 2. The summed E-state index contributed by atoms with van der Waals surface area (Å²) >= 11 is 0. The Labute approximate surface area is 97.7 Å². The molecule has 1 saturated carbocycles. The van der Waals surface area contributed by atoms with Crippen LogP contribution in [0.4, 0.5) is 0 Å². The van der Waals surface area contributed by atoms with Crippen LogP contribution in [0, 0.1) is 12.8 Å². The van der Waals surface area contributed by atoms with Crippen LogP contribution in [0.2, 0.25) is 0 Å². The number of hydrogen-bond donors (Lipinski definition) is 1. The first-order chi connectivity index (χ1) is 7.77. The number of aliphatic hydroxyl groups excluding tert-OH is 1. The summed E-state index contributed by atoms with van der Waals surface area (Å²) in [5.41, 5.74) is 1.84. The summed E-state index contributed by atoms with van der Waals surface area (Å²) in [4.78, 5) is 4.43. The molecule has 2 heteroatoms. The molecule has 1 atom stereocenters. The fraction of sp³-hybridized carbons (Fsp3) is 0.643. The van der Waals surface area contributed by atoms with Crippen LogP contribution in [0.5, 0.6) is 0 Å². The van der Waals surface area contributed by atoms with E-state index in [0.29, 0.717) is 5.92 Å². The Hall–Kier alpha value is -0.890. The molecule has 0 aliphatic heterocycles. The predicted octanol–water partition coefficient (Wildman–Crippen LogP) is 3.39. The van der Waals surface area contributed by atoms with Gasteiger partial charge in [-0.3, -0.25) is 4.98 Å². The molecule has 0 bridgehead atoms. The fourth-order valence-electron chi connectivity index (χ4n) is 2.60. The maximum Gasteiger partial charge on any atom is 0.0987 e. The van der Waals surface area contributed by atoms with Gasteiger partial charge < -0.3 is 5.11 Å². The highest BCUT2D eigenvalue weighted by Gasteiger charge is 2.22. The summed E-state index contributed by atoms with van der Waals surface area (Å²) in [6.07, 6.45) is 7.10. The third-order valence-electron chi connectivity index (χ3n) is 3.56. The van der Waals surface area contributed by atoms with E-state index in [9.17, 15) is 5.11 Å². The van der Waals surface area contributed by atoms with E-state index in [1.807, 2.05) is 25.1 Å². The molecule has 2 nitrogen and oxygen atoms in total. The third kappa shape index (κ3) is 2.82. The number of aliphatic hydroxyl groups is 1.